The lowest BCUT2D eigenvalue weighted by Gasteiger charge is -2.29. The van der Waals surface area contributed by atoms with Gasteiger partial charge >= 0.3 is 5.97 Å². The first-order valence-corrected chi connectivity index (χ1v) is 9.47. The molecule has 0 radical (unpaired) electrons. The highest BCUT2D eigenvalue weighted by Crippen LogP contribution is 2.56. The van der Waals surface area contributed by atoms with Crippen molar-refractivity contribution in [1.82, 2.24) is 0 Å². The van der Waals surface area contributed by atoms with E-state index >= 15 is 0 Å². The van der Waals surface area contributed by atoms with Crippen molar-refractivity contribution in [3.8, 4) is 5.75 Å². The van der Waals surface area contributed by atoms with E-state index in [9.17, 15) is 9.59 Å². The van der Waals surface area contributed by atoms with Gasteiger partial charge in [-0.2, -0.15) is 0 Å². The number of hydrogen-bond acceptors (Lipinski definition) is 4. The summed E-state index contributed by atoms with van der Waals surface area (Å²) in [7, 11) is 0. The number of carbonyl (C=O) groups excluding carboxylic acids is 2. The van der Waals surface area contributed by atoms with Crippen LogP contribution in [0, 0.1) is 5.41 Å². The van der Waals surface area contributed by atoms with Crippen LogP contribution in [0.3, 0.4) is 0 Å². The number of ether oxygens (including phenoxy) is 2. The Balaban J connectivity index is 2.03. The standard InChI is InChI=1S/C20H22Cl2O4/c1-5-25-18(24)19(2,3)26-14-8-11-10-20(4)7-6-12(23)9-13(20)15(11)17(22)16(14)21/h8-9H,5-7,10H2,1-4H3. The monoisotopic (exact) mass is 396 g/mol. The highest BCUT2D eigenvalue weighted by molar-refractivity contribution is 6.44. The molecule has 1 aromatic rings. The van der Waals surface area contributed by atoms with Crippen molar-refractivity contribution in [1.29, 1.82) is 0 Å². The Morgan fingerprint density at radius 1 is 1.31 bits per heavy atom. The minimum Gasteiger partial charge on any atom is -0.475 e. The molecule has 140 valence electrons. The summed E-state index contributed by atoms with van der Waals surface area (Å²) in [5, 5.41) is 0.606. The molecule has 0 heterocycles. The zero-order chi connectivity index (χ0) is 19.3. The fourth-order valence-electron chi connectivity index (χ4n) is 3.70. The summed E-state index contributed by atoms with van der Waals surface area (Å²) >= 11 is 13.0. The van der Waals surface area contributed by atoms with Crippen molar-refractivity contribution in [3.05, 3.63) is 33.3 Å². The van der Waals surface area contributed by atoms with Gasteiger partial charge in [-0.15, -0.1) is 0 Å². The molecular formula is C20H22Cl2O4. The Morgan fingerprint density at radius 2 is 2.00 bits per heavy atom. The fraction of sp³-hybridized carbons (Fsp3) is 0.500. The van der Waals surface area contributed by atoms with Crippen molar-refractivity contribution in [3.63, 3.8) is 0 Å². The molecule has 1 aromatic carbocycles. The lowest BCUT2D eigenvalue weighted by atomic mass is 9.74. The van der Waals surface area contributed by atoms with Crippen LogP contribution in [-0.4, -0.2) is 24.0 Å². The highest BCUT2D eigenvalue weighted by Gasteiger charge is 2.43. The van der Waals surface area contributed by atoms with Gasteiger partial charge in [0.2, 0.25) is 0 Å². The summed E-state index contributed by atoms with van der Waals surface area (Å²) < 4.78 is 10.9. The van der Waals surface area contributed by atoms with Gasteiger partial charge in [0.15, 0.2) is 11.4 Å². The summed E-state index contributed by atoms with van der Waals surface area (Å²) in [6.45, 7) is 7.41. The predicted octanol–water partition coefficient (Wildman–Crippen LogP) is 5.02. The maximum Gasteiger partial charge on any atom is 0.349 e. The molecule has 0 N–H and O–H groups in total. The van der Waals surface area contributed by atoms with Crippen LogP contribution in [-0.2, 0) is 20.7 Å². The zero-order valence-electron chi connectivity index (χ0n) is 15.4. The Kier molecular flexibility index (Phi) is 4.87. The van der Waals surface area contributed by atoms with Gasteiger partial charge < -0.3 is 9.47 Å². The topological polar surface area (TPSA) is 52.6 Å². The van der Waals surface area contributed by atoms with E-state index in [1.165, 1.54) is 0 Å². The van der Waals surface area contributed by atoms with Crippen molar-refractivity contribution >= 4 is 40.5 Å². The molecule has 0 bridgehead atoms. The third kappa shape index (κ3) is 3.14. The SMILES string of the molecule is CCOC(=O)C(C)(C)Oc1cc2c(c(Cl)c1Cl)C1=CC(=O)CCC1(C)C2. The van der Waals surface area contributed by atoms with E-state index in [1.807, 2.05) is 6.07 Å². The van der Waals surface area contributed by atoms with Gasteiger partial charge in [0, 0.05) is 12.0 Å². The molecule has 6 heteroatoms. The van der Waals surface area contributed by atoms with E-state index in [2.05, 4.69) is 6.92 Å². The highest BCUT2D eigenvalue weighted by atomic mass is 35.5. The molecule has 1 unspecified atom stereocenters. The van der Waals surface area contributed by atoms with Crippen LogP contribution in [0.25, 0.3) is 5.57 Å². The number of benzene rings is 1. The molecule has 0 spiro atoms. The van der Waals surface area contributed by atoms with Gasteiger partial charge in [0.05, 0.1) is 11.6 Å². The third-order valence-electron chi connectivity index (χ3n) is 5.12. The minimum absolute atomic E-state index is 0.112. The maximum absolute atomic E-state index is 12.1. The van der Waals surface area contributed by atoms with E-state index in [0.29, 0.717) is 17.2 Å². The minimum atomic E-state index is -1.19. The first kappa shape index (κ1) is 19.2. The number of allylic oxidation sites excluding steroid dienone is 2. The van der Waals surface area contributed by atoms with Gasteiger partial charge in [0.25, 0.3) is 0 Å². The Labute approximate surface area is 163 Å². The third-order valence-corrected chi connectivity index (χ3v) is 5.97. The number of carbonyl (C=O) groups is 2. The van der Waals surface area contributed by atoms with Gasteiger partial charge in [0.1, 0.15) is 10.8 Å². The second-order valence-corrected chi connectivity index (χ2v) is 8.39. The van der Waals surface area contributed by atoms with Crippen LogP contribution >= 0.6 is 23.2 Å². The summed E-state index contributed by atoms with van der Waals surface area (Å²) in [5.41, 5.74) is 1.44. The molecule has 2 aliphatic carbocycles. The molecule has 0 saturated heterocycles. The second-order valence-electron chi connectivity index (χ2n) is 7.63. The number of fused-ring (bicyclic) bond motifs is 3. The molecule has 0 amide bonds. The van der Waals surface area contributed by atoms with E-state index in [1.54, 1.807) is 26.8 Å². The van der Waals surface area contributed by atoms with Crippen molar-refractivity contribution in [2.24, 2.45) is 5.41 Å². The average Bonchev–Trinajstić information content (AvgIpc) is 2.84. The normalized spacial score (nSPS) is 21.8. The lowest BCUT2D eigenvalue weighted by molar-refractivity contribution is -0.158. The smallest absolute Gasteiger partial charge is 0.349 e. The molecule has 0 aliphatic heterocycles. The van der Waals surface area contributed by atoms with Crippen LogP contribution in [0.4, 0.5) is 0 Å². The summed E-state index contributed by atoms with van der Waals surface area (Å²) in [4.78, 5) is 24.0. The van der Waals surface area contributed by atoms with Crippen molar-refractivity contribution < 1.29 is 19.1 Å². The number of rotatable bonds is 4. The quantitative estimate of drug-likeness (QED) is 0.670. The van der Waals surface area contributed by atoms with Crippen LogP contribution in [0.2, 0.25) is 10.0 Å². The average molecular weight is 397 g/mol. The first-order valence-electron chi connectivity index (χ1n) is 8.71. The molecule has 1 atom stereocenters. The van der Waals surface area contributed by atoms with Crippen LogP contribution < -0.4 is 4.74 Å². The van der Waals surface area contributed by atoms with Crippen molar-refractivity contribution in [2.45, 2.75) is 52.6 Å². The van der Waals surface area contributed by atoms with Gasteiger partial charge in [-0.25, -0.2) is 4.79 Å². The predicted molar refractivity (Wildman–Crippen MR) is 102 cm³/mol. The van der Waals surface area contributed by atoms with Gasteiger partial charge in [-0.05, 0) is 62.3 Å². The largest absolute Gasteiger partial charge is 0.475 e. The number of hydrogen-bond donors (Lipinski definition) is 0. The Morgan fingerprint density at radius 3 is 2.65 bits per heavy atom. The second kappa shape index (κ2) is 6.58. The fourth-order valence-corrected chi connectivity index (χ4v) is 4.20. The molecule has 0 aromatic heterocycles. The number of ketones is 1. The number of esters is 1. The molecular weight excluding hydrogens is 375 g/mol. The molecule has 2 aliphatic rings. The van der Waals surface area contributed by atoms with E-state index in [0.717, 1.165) is 29.5 Å². The van der Waals surface area contributed by atoms with Gasteiger partial charge in [-0.3, -0.25) is 4.79 Å². The van der Waals surface area contributed by atoms with E-state index in [4.69, 9.17) is 32.7 Å². The lowest BCUT2D eigenvalue weighted by Crippen LogP contribution is -2.39. The Bertz CT molecular complexity index is 826. The van der Waals surface area contributed by atoms with Crippen LogP contribution in [0.5, 0.6) is 5.75 Å². The number of halogens is 2. The van der Waals surface area contributed by atoms with Crippen LogP contribution in [0.15, 0.2) is 12.1 Å². The van der Waals surface area contributed by atoms with E-state index in [-0.39, 0.29) is 22.8 Å². The molecule has 0 fully saturated rings. The molecule has 3 rings (SSSR count). The molecule has 0 saturated carbocycles. The van der Waals surface area contributed by atoms with Crippen LogP contribution in [0.1, 0.15) is 51.7 Å². The summed E-state index contributed by atoms with van der Waals surface area (Å²) in [6, 6.07) is 1.83. The molecule has 26 heavy (non-hydrogen) atoms. The first-order chi connectivity index (χ1) is 12.1. The maximum atomic E-state index is 12.1. The van der Waals surface area contributed by atoms with E-state index < -0.39 is 11.6 Å². The molecule has 4 nitrogen and oxygen atoms in total. The summed E-state index contributed by atoms with van der Waals surface area (Å²) in [6.07, 6.45) is 3.78. The van der Waals surface area contributed by atoms with Crippen molar-refractivity contribution in [2.75, 3.05) is 6.61 Å². The summed E-state index contributed by atoms with van der Waals surface area (Å²) in [5.74, 6) is -0.00875. The Hall–Kier alpha value is -1.52. The zero-order valence-corrected chi connectivity index (χ0v) is 16.9. The van der Waals surface area contributed by atoms with Gasteiger partial charge in [-0.1, -0.05) is 30.1 Å².